The van der Waals surface area contributed by atoms with Crippen LogP contribution in [-0.4, -0.2) is 21.4 Å². The van der Waals surface area contributed by atoms with Gasteiger partial charge in [-0.25, -0.2) is 4.98 Å². The number of thioether (sulfide) groups is 1. The summed E-state index contributed by atoms with van der Waals surface area (Å²) in [6.07, 6.45) is 5.13. The van der Waals surface area contributed by atoms with Crippen molar-refractivity contribution < 1.29 is 4.74 Å². The van der Waals surface area contributed by atoms with Gasteiger partial charge in [0.1, 0.15) is 4.83 Å². The van der Waals surface area contributed by atoms with Gasteiger partial charge < -0.3 is 4.74 Å². The summed E-state index contributed by atoms with van der Waals surface area (Å²) in [4.78, 5) is 21.0. The minimum atomic E-state index is 0.0204. The van der Waals surface area contributed by atoms with Gasteiger partial charge in [0.25, 0.3) is 5.56 Å². The summed E-state index contributed by atoms with van der Waals surface area (Å²) >= 11 is 3.19. The van der Waals surface area contributed by atoms with Crippen LogP contribution in [0.4, 0.5) is 0 Å². The zero-order valence-electron chi connectivity index (χ0n) is 19.7. The van der Waals surface area contributed by atoms with Crippen LogP contribution in [-0.2, 0) is 17.8 Å². The van der Waals surface area contributed by atoms with Crippen molar-refractivity contribution in [1.82, 2.24) is 9.55 Å². The van der Waals surface area contributed by atoms with E-state index in [0.717, 1.165) is 54.8 Å². The van der Waals surface area contributed by atoms with E-state index in [1.165, 1.54) is 0 Å². The minimum absolute atomic E-state index is 0.0204. The fourth-order valence-corrected chi connectivity index (χ4v) is 6.28. The quantitative estimate of drug-likeness (QED) is 0.225. The first kappa shape index (κ1) is 23.1. The molecule has 3 heterocycles. The molecule has 0 saturated carbocycles. The Bertz CT molecular complexity index is 1400. The number of thiophene rings is 1. The normalized spacial score (nSPS) is 15.9. The lowest BCUT2D eigenvalue weighted by Crippen LogP contribution is -2.28. The molecule has 0 amide bonds. The maximum atomic E-state index is 14.0. The van der Waals surface area contributed by atoms with E-state index < -0.39 is 0 Å². The maximum absolute atomic E-state index is 14.0. The smallest absolute Gasteiger partial charge is 0.267 e. The van der Waals surface area contributed by atoms with Crippen molar-refractivity contribution in [3.05, 3.63) is 92.6 Å². The molecule has 0 aliphatic carbocycles. The first-order chi connectivity index (χ1) is 16.5. The van der Waals surface area contributed by atoms with E-state index in [-0.39, 0.29) is 11.7 Å². The van der Waals surface area contributed by atoms with Crippen molar-refractivity contribution in [3.8, 4) is 5.69 Å². The van der Waals surface area contributed by atoms with Gasteiger partial charge in [-0.3, -0.25) is 9.36 Å². The van der Waals surface area contributed by atoms with Crippen LogP contribution in [0.25, 0.3) is 22.0 Å². The lowest BCUT2D eigenvalue weighted by atomic mass is 9.96. The Labute approximate surface area is 208 Å². The van der Waals surface area contributed by atoms with E-state index in [1.807, 2.05) is 43.3 Å². The number of hydrogen-bond acceptors (Lipinski definition) is 5. The molecule has 0 bridgehead atoms. The summed E-state index contributed by atoms with van der Waals surface area (Å²) in [5.41, 5.74) is 4.29. The summed E-state index contributed by atoms with van der Waals surface area (Å²) in [6, 6.07) is 18.3. The monoisotopic (exact) mass is 488 g/mol. The van der Waals surface area contributed by atoms with Crippen molar-refractivity contribution in [3.63, 3.8) is 0 Å². The van der Waals surface area contributed by atoms with Gasteiger partial charge in [0, 0.05) is 17.1 Å². The van der Waals surface area contributed by atoms with Crippen molar-refractivity contribution in [2.24, 2.45) is 5.92 Å². The number of ether oxygens (including phenoxy) is 1. The Morgan fingerprint density at radius 2 is 2.03 bits per heavy atom. The second-order valence-electron chi connectivity index (χ2n) is 8.98. The minimum Gasteiger partial charge on any atom is -0.372 e. The van der Waals surface area contributed by atoms with Crippen LogP contribution >= 0.6 is 23.1 Å². The number of fused-ring (bicyclic) bond motifs is 3. The number of benzene rings is 2. The van der Waals surface area contributed by atoms with Crippen LogP contribution in [0.5, 0.6) is 0 Å². The molecule has 1 atom stereocenters. The van der Waals surface area contributed by atoms with Crippen molar-refractivity contribution >= 4 is 39.4 Å². The fourth-order valence-electron chi connectivity index (χ4n) is 4.30. The van der Waals surface area contributed by atoms with Gasteiger partial charge >= 0.3 is 0 Å². The van der Waals surface area contributed by atoms with Crippen LogP contribution in [0.3, 0.4) is 0 Å². The summed E-state index contributed by atoms with van der Waals surface area (Å²) in [6.45, 7) is 6.95. The predicted octanol–water partition coefficient (Wildman–Crippen LogP) is 6.66. The number of rotatable bonds is 6. The third-order valence-corrected chi connectivity index (χ3v) is 8.12. The molecular weight excluding hydrogens is 460 g/mol. The van der Waals surface area contributed by atoms with E-state index in [4.69, 9.17) is 9.72 Å². The molecule has 0 fully saturated rings. The summed E-state index contributed by atoms with van der Waals surface area (Å²) in [5, 5.41) is 1.49. The zero-order chi connectivity index (χ0) is 23.7. The maximum Gasteiger partial charge on any atom is 0.267 e. The Balaban J connectivity index is 1.57. The van der Waals surface area contributed by atoms with Gasteiger partial charge in [0.05, 0.1) is 23.8 Å². The van der Waals surface area contributed by atoms with Crippen molar-refractivity contribution in [2.75, 3.05) is 5.75 Å². The molecule has 2 aromatic carbocycles. The number of nitrogens with zero attached hydrogens (tertiary/aromatic N) is 2. The second kappa shape index (κ2) is 9.90. The van der Waals surface area contributed by atoms with Gasteiger partial charge in [0.15, 0.2) is 5.16 Å². The molecule has 0 spiro atoms. The molecule has 1 aliphatic rings. The lowest BCUT2D eigenvalue weighted by molar-refractivity contribution is 0.00200. The lowest BCUT2D eigenvalue weighted by Gasteiger charge is -2.26. The molecular formula is C28H28N2O2S2. The summed E-state index contributed by atoms with van der Waals surface area (Å²) in [5.74, 6) is 1.13. The third-order valence-electron chi connectivity index (χ3n) is 6.13. The average molecular weight is 489 g/mol. The Morgan fingerprint density at radius 1 is 1.21 bits per heavy atom. The molecule has 4 aromatic rings. The van der Waals surface area contributed by atoms with Crippen LogP contribution in [0, 0.1) is 12.8 Å². The topological polar surface area (TPSA) is 44.1 Å². The first-order valence-corrected chi connectivity index (χ1v) is 13.4. The highest BCUT2D eigenvalue weighted by Gasteiger charge is 2.28. The molecule has 5 rings (SSSR count). The Hall–Kier alpha value is -2.67. The van der Waals surface area contributed by atoms with Gasteiger partial charge in [-0.15, -0.1) is 11.3 Å². The molecule has 0 N–H and O–H groups in total. The zero-order valence-corrected chi connectivity index (χ0v) is 21.3. The molecule has 0 radical (unpaired) electrons. The van der Waals surface area contributed by atoms with E-state index in [2.05, 4.69) is 44.2 Å². The predicted molar refractivity (Wildman–Crippen MR) is 143 cm³/mol. The highest BCUT2D eigenvalue weighted by Crippen LogP contribution is 2.36. The number of hydrogen-bond donors (Lipinski definition) is 0. The van der Waals surface area contributed by atoms with E-state index in [0.29, 0.717) is 12.5 Å². The Kier molecular flexibility index (Phi) is 6.73. The van der Waals surface area contributed by atoms with Gasteiger partial charge in [-0.1, -0.05) is 80.2 Å². The van der Waals surface area contributed by atoms with E-state index >= 15 is 0 Å². The summed E-state index contributed by atoms with van der Waals surface area (Å²) in [7, 11) is 0. The van der Waals surface area contributed by atoms with Crippen LogP contribution in [0.15, 0.2) is 70.6 Å². The molecule has 2 aromatic heterocycles. The highest BCUT2D eigenvalue weighted by molar-refractivity contribution is 7.99. The molecule has 6 heteroatoms. The first-order valence-electron chi connectivity index (χ1n) is 11.6. The van der Waals surface area contributed by atoms with E-state index in [1.54, 1.807) is 27.7 Å². The fraction of sp³-hybridized carbons (Fsp3) is 0.286. The molecule has 0 saturated heterocycles. The van der Waals surface area contributed by atoms with Gasteiger partial charge in [0.2, 0.25) is 0 Å². The number of aryl methyl sites for hydroxylation is 1. The average Bonchev–Trinajstić information content (AvgIpc) is 3.20. The highest BCUT2D eigenvalue weighted by atomic mass is 32.2. The second-order valence-corrected chi connectivity index (χ2v) is 11.1. The third kappa shape index (κ3) is 4.63. The van der Waals surface area contributed by atoms with E-state index in [9.17, 15) is 4.79 Å². The molecule has 34 heavy (non-hydrogen) atoms. The van der Waals surface area contributed by atoms with Gasteiger partial charge in [-0.2, -0.15) is 0 Å². The van der Waals surface area contributed by atoms with Crippen LogP contribution in [0.2, 0.25) is 0 Å². The standard InChI is InChI=1S/C28H28N2O2S2/c1-18(2)23-16-22-24(17-32-23)34-26-25(22)27(31)30(21-13-7-9-19(3)15-21)28(29-26)33-14-8-12-20-10-5-4-6-11-20/h4-13,15,18,23H,14,16-17H2,1-3H3/b12-8+/t23-/m0/s1. The molecule has 174 valence electrons. The molecule has 1 aliphatic heterocycles. The van der Waals surface area contributed by atoms with Crippen LogP contribution in [0.1, 0.15) is 35.4 Å². The molecule has 0 unspecified atom stereocenters. The number of aromatic nitrogens is 2. The molecule has 4 nitrogen and oxygen atoms in total. The van der Waals surface area contributed by atoms with Crippen molar-refractivity contribution in [1.29, 1.82) is 0 Å². The largest absolute Gasteiger partial charge is 0.372 e. The Morgan fingerprint density at radius 3 is 2.79 bits per heavy atom. The van der Waals surface area contributed by atoms with Crippen LogP contribution < -0.4 is 5.56 Å². The van der Waals surface area contributed by atoms with Crippen molar-refractivity contribution in [2.45, 2.75) is 45.1 Å². The summed E-state index contributed by atoms with van der Waals surface area (Å²) < 4.78 is 7.87. The van der Waals surface area contributed by atoms with Gasteiger partial charge in [-0.05, 0) is 41.7 Å². The SMILES string of the molecule is Cc1cccc(-n2c(SC/C=C/c3ccccc3)nc3sc4c(c3c2=O)C[C@@H](C(C)C)OC4)c1.